The summed E-state index contributed by atoms with van der Waals surface area (Å²) in [6.07, 6.45) is -4.49. The number of phenols is 1. The molecule has 5 aromatic carbocycles. The summed E-state index contributed by atoms with van der Waals surface area (Å²) >= 11 is 0. The maximum Gasteiger partial charge on any atom is 0.416 e. The first-order valence-electron chi connectivity index (χ1n) is 15.1. The van der Waals surface area contributed by atoms with E-state index < -0.39 is 29.0 Å². The van der Waals surface area contributed by atoms with Crippen molar-refractivity contribution in [2.45, 2.75) is 32.2 Å². The molecule has 0 fully saturated rings. The molecule has 0 bridgehead atoms. The largest absolute Gasteiger partial charge is 0.507 e. The molecule has 1 heterocycles. The van der Waals surface area contributed by atoms with Gasteiger partial charge in [-0.25, -0.2) is 4.39 Å². The molecule has 6 aromatic rings. The van der Waals surface area contributed by atoms with E-state index in [1.807, 2.05) is 30.3 Å². The fourth-order valence-electron chi connectivity index (χ4n) is 5.32. The highest BCUT2D eigenvalue weighted by molar-refractivity contribution is 5.98. The van der Waals surface area contributed by atoms with Gasteiger partial charge in [0.1, 0.15) is 17.9 Å². The molecule has 0 radical (unpaired) electrons. The Labute approximate surface area is 278 Å². The number of halogens is 4. The van der Waals surface area contributed by atoms with Crippen molar-refractivity contribution in [3.05, 3.63) is 155 Å². The second-order valence-corrected chi connectivity index (χ2v) is 11.5. The van der Waals surface area contributed by atoms with Crippen molar-refractivity contribution < 1.29 is 36.7 Å². The molecule has 1 amide bonds. The lowest BCUT2D eigenvalue weighted by Crippen LogP contribution is -2.44. The number of rotatable bonds is 9. The van der Waals surface area contributed by atoms with Crippen LogP contribution in [-0.2, 0) is 18.3 Å². The highest BCUT2D eigenvalue weighted by Gasteiger charge is 2.37. The summed E-state index contributed by atoms with van der Waals surface area (Å²) in [5.74, 6) is -1.06. The number of nitrogens with zero attached hydrogens (tertiary/aromatic N) is 2. The van der Waals surface area contributed by atoms with Crippen LogP contribution in [0.4, 0.5) is 17.6 Å². The highest BCUT2D eigenvalue weighted by atomic mass is 19.4. The van der Waals surface area contributed by atoms with Gasteiger partial charge in [0.05, 0.1) is 11.1 Å². The second-order valence-electron chi connectivity index (χ2n) is 11.5. The first kappa shape index (κ1) is 33.0. The second kappa shape index (κ2) is 13.3. The van der Waals surface area contributed by atoms with Crippen LogP contribution in [0, 0.1) is 12.7 Å². The number of carbonyl (C=O) groups is 1. The monoisotopic (exact) mass is 667 g/mol. The number of hydrogen-bond donors (Lipinski definition) is 2. The van der Waals surface area contributed by atoms with Gasteiger partial charge in [-0.1, -0.05) is 84.0 Å². The SMILES string of the molecule is Cc1noc([C@](C)(NC(=O)c2cc(-c3ccc(C(F)(F)F)cc3)ccc2O)c2ccc(-c3ccc(OCc4ccccc4)c(F)c3)cc2)n1. The van der Waals surface area contributed by atoms with E-state index >= 15 is 4.39 Å². The molecule has 0 saturated carbocycles. The first-order chi connectivity index (χ1) is 23.4. The van der Waals surface area contributed by atoms with Crippen LogP contribution >= 0.6 is 0 Å². The maximum atomic E-state index is 15.0. The minimum absolute atomic E-state index is 0.0652. The average Bonchev–Trinajstić information content (AvgIpc) is 3.55. The van der Waals surface area contributed by atoms with E-state index in [1.54, 1.807) is 50.2 Å². The van der Waals surface area contributed by atoms with Gasteiger partial charge in [0.2, 0.25) is 0 Å². The van der Waals surface area contributed by atoms with Gasteiger partial charge in [-0.15, -0.1) is 0 Å². The van der Waals surface area contributed by atoms with Crippen molar-refractivity contribution in [3.8, 4) is 33.8 Å². The molecule has 1 atom stereocenters. The van der Waals surface area contributed by atoms with Crippen molar-refractivity contribution >= 4 is 5.91 Å². The Hall–Kier alpha value is -5.97. The number of phenolic OH excluding ortho intramolecular Hbond substituents is 1. The van der Waals surface area contributed by atoms with Crippen molar-refractivity contribution in [3.63, 3.8) is 0 Å². The number of nitrogens with one attached hydrogen (secondary N) is 1. The summed E-state index contributed by atoms with van der Waals surface area (Å²) in [6.45, 7) is 3.50. The molecule has 248 valence electrons. The van der Waals surface area contributed by atoms with Crippen LogP contribution in [0.5, 0.6) is 11.5 Å². The van der Waals surface area contributed by atoms with Crippen LogP contribution in [0.25, 0.3) is 22.3 Å². The minimum atomic E-state index is -4.49. The van der Waals surface area contributed by atoms with Crippen molar-refractivity contribution in [1.29, 1.82) is 0 Å². The highest BCUT2D eigenvalue weighted by Crippen LogP contribution is 2.35. The van der Waals surface area contributed by atoms with Gasteiger partial charge in [-0.2, -0.15) is 18.2 Å². The van der Waals surface area contributed by atoms with Gasteiger partial charge in [-0.3, -0.25) is 4.79 Å². The number of aromatic nitrogens is 2. The number of hydrogen-bond acceptors (Lipinski definition) is 6. The molecule has 0 unspecified atom stereocenters. The van der Waals surface area contributed by atoms with Crippen molar-refractivity contribution in [2.75, 3.05) is 0 Å². The molecule has 0 saturated heterocycles. The molecular weight excluding hydrogens is 638 g/mol. The standard InChI is InChI=1S/C38H29F4N3O4/c1-23-43-36(49-45-23)37(2,44-35(47)31-20-27(12-18-33(31)46)25-10-16-30(17-11-25)38(40,41)42)29-14-8-26(9-15-29)28-13-19-34(32(39)21-28)48-22-24-6-4-3-5-7-24/h3-21,46H,22H2,1-2H3,(H,44,47)/t37-/m1/s1. The van der Waals surface area contributed by atoms with E-state index in [4.69, 9.17) is 9.26 Å². The number of benzene rings is 5. The van der Waals surface area contributed by atoms with Gasteiger partial charge < -0.3 is 19.7 Å². The summed E-state index contributed by atoms with van der Waals surface area (Å²) < 4.78 is 65.4. The first-order valence-corrected chi connectivity index (χ1v) is 15.1. The van der Waals surface area contributed by atoms with Gasteiger partial charge in [-0.05, 0) is 83.6 Å². The minimum Gasteiger partial charge on any atom is -0.507 e. The van der Waals surface area contributed by atoms with E-state index in [-0.39, 0.29) is 29.6 Å². The zero-order valence-corrected chi connectivity index (χ0v) is 26.3. The Bertz CT molecular complexity index is 2100. The summed E-state index contributed by atoms with van der Waals surface area (Å²) in [6, 6.07) is 29.8. The van der Waals surface area contributed by atoms with Gasteiger partial charge >= 0.3 is 6.18 Å². The van der Waals surface area contributed by atoms with Gasteiger partial charge in [0, 0.05) is 0 Å². The van der Waals surface area contributed by atoms with Crippen LogP contribution in [-0.4, -0.2) is 21.2 Å². The van der Waals surface area contributed by atoms with E-state index in [2.05, 4.69) is 15.5 Å². The van der Waals surface area contributed by atoms with E-state index in [1.165, 1.54) is 36.4 Å². The van der Waals surface area contributed by atoms with Crippen LogP contribution in [0.3, 0.4) is 0 Å². The number of alkyl halides is 3. The Kier molecular flexibility index (Phi) is 8.92. The van der Waals surface area contributed by atoms with E-state index in [0.717, 1.165) is 17.7 Å². The number of aromatic hydroxyl groups is 1. The lowest BCUT2D eigenvalue weighted by atomic mass is 9.89. The topological polar surface area (TPSA) is 97.5 Å². The predicted molar refractivity (Wildman–Crippen MR) is 174 cm³/mol. The van der Waals surface area contributed by atoms with Crippen LogP contribution < -0.4 is 10.1 Å². The van der Waals surface area contributed by atoms with Crippen molar-refractivity contribution in [1.82, 2.24) is 15.5 Å². The lowest BCUT2D eigenvalue weighted by molar-refractivity contribution is -0.137. The summed E-state index contributed by atoms with van der Waals surface area (Å²) in [5.41, 5.74) is 1.25. The zero-order chi connectivity index (χ0) is 34.8. The average molecular weight is 668 g/mol. The quantitative estimate of drug-likeness (QED) is 0.150. The third-order valence-electron chi connectivity index (χ3n) is 8.07. The molecule has 0 aliphatic rings. The lowest BCUT2D eigenvalue weighted by Gasteiger charge is -2.28. The molecule has 0 aliphatic heterocycles. The molecule has 0 spiro atoms. The summed E-state index contributed by atoms with van der Waals surface area (Å²) in [5, 5.41) is 17.4. The predicted octanol–water partition coefficient (Wildman–Crippen LogP) is 8.85. The molecule has 1 aromatic heterocycles. The maximum absolute atomic E-state index is 15.0. The van der Waals surface area contributed by atoms with Crippen LogP contribution in [0.15, 0.2) is 120 Å². The molecular formula is C38H29F4N3O4. The number of aryl methyl sites for hydroxylation is 1. The molecule has 11 heteroatoms. The smallest absolute Gasteiger partial charge is 0.416 e. The molecule has 2 N–H and O–H groups in total. The molecule has 49 heavy (non-hydrogen) atoms. The fraction of sp³-hybridized carbons (Fsp3) is 0.132. The van der Waals surface area contributed by atoms with Crippen LogP contribution in [0.1, 0.15) is 45.7 Å². The van der Waals surface area contributed by atoms with Gasteiger partial charge in [0.25, 0.3) is 11.8 Å². The van der Waals surface area contributed by atoms with E-state index in [0.29, 0.717) is 33.6 Å². The Morgan fingerprint density at radius 3 is 2.00 bits per heavy atom. The molecule has 7 nitrogen and oxygen atoms in total. The summed E-state index contributed by atoms with van der Waals surface area (Å²) in [7, 11) is 0. The number of carbonyl (C=O) groups excluding carboxylic acids is 1. The molecule has 6 rings (SSSR count). The normalized spacial score (nSPS) is 12.7. The van der Waals surface area contributed by atoms with Gasteiger partial charge in [0.15, 0.2) is 17.4 Å². The summed E-state index contributed by atoms with van der Waals surface area (Å²) in [4.78, 5) is 18.1. The fourth-order valence-corrected chi connectivity index (χ4v) is 5.32. The van der Waals surface area contributed by atoms with Crippen molar-refractivity contribution in [2.24, 2.45) is 0 Å². The van der Waals surface area contributed by atoms with Crippen LogP contribution in [0.2, 0.25) is 0 Å². The Morgan fingerprint density at radius 1 is 0.816 bits per heavy atom. The number of ether oxygens (including phenoxy) is 1. The van der Waals surface area contributed by atoms with E-state index in [9.17, 15) is 23.1 Å². The third-order valence-corrected chi connectivity index (χ3v) is 8.07. The Balaban J connectivity index is 1.26. The Morgan fingerprint density at radius 2 is 1.41 bits per heavy atom. The zero-order valence-electron chi connectivity index (χ0n) is 26.3. The molecule has 0 aliphatic carbocycles. The number of amides is 1. The third kappa shape index (κ3) is 7.15.